The highest BCUT2D eigenvalue weighted by atomic mass is 32.2. The van der Waals surface area contributed by atoms with Gasteiger partial charge in [0.1, 0.15) is 0 Å². The summed E-state index contributed by atoms with van der Waals surface area (Å²) in [5, 5.41) is 12.0. The fraction of sp³-hybridized carbons (Fsp3) is 0.417. The minimum Gasteiger partial charge on any atom is -0.478 e. The molecule has 1 fully saturated rings. The smallest absolute Gasteiger partial charge is 0.416 e. The fourth-order valence-electron chi connectivity index (χ4n) is 1.89. The number of hydrogen-bond acceptors (Lipinski definition) is 3. The van der Waals surface area contributed by atoms with Crippen LogP contribution in [0.15, 0.2) is 18.2 Å². The zero-order valence-corrected chi connectivity index (χ0v) is 10.6. The maximum atomic E-state index is 12.6. The van der Waals surface area contributed by atoms with E-state index in [0.29, 0.717) is 6.07 Å². The molecule has 0 saturated carbocycles. The molecular formula is C12H12F3NO2S. The summed E-state index contributed by atoms with van der Waals surface area (Å²) < 4.78 is 37.7. The Hall–Kier alpha value is -1.37. The number of halogens is 3. The molecule has 1 heterocycles. The van der Waals surface area contributed by atoms with Crippen LogP contribution in [-0.4, -0.2) is 28.6 Å². The number of thioether (sulfide) groups is 1. The van der Waals surface area contributed by atoms with Crippen molar-refractivity contribution in [3.05, 3.63) is 29.3 Å². The third kappa shape index (κ3) is 3.34. The summed E-state index contributed by atoms with van der Waals surface area (Å²) >= 11 is 1.73. The molecule has 0 aromatic heterocycles. The monoisotopic (exact) mass is 291 g/mol. The molecule has 3 nitrogen and oxygen atoms in total. The van der Waals surface area contributed by atoms with E-state index >= 15 is 0 Å². The van der Waals surface area contributed by atoms with Crippen LogP contribution in [0.3, 0.4) is 0 Å². The van der Waals surface area contributed by atoms with Gasteiger partial charge in [-0.05, 0) is 30.4 Å². The molecule has 1 saturated heterocycles. The Morgan fingerprint density at radius 3 is 2.68 bits per heavy atom. The lowest BCUT2D eigenvalue weighted by Crippen LogP contribution is -2.20. The molecule has 0 radical (unpaired) electrons. The third-order valence-electron chi connectivity index (χ3n) is 2.87. The number of alkyl halides is 3. The van der Waals surface area contributed by atoms with Gasteiger partial charge in [0.05, 0.1) is 11.1 Å². The largest absolute Gasteiger partial charge is 0.478 e. The van der Waals surface area contributed by atoms with Crippen molar-refractivity contribution in [3.63, 3.8) is 0 Å². The van der Waals surface area contributed by atoms with E-state index in [9.17, 15) is 18.0 Å². The van der Waals surface area contributed by atoms with Gasteiger partial charge in [0.15, 0.2) is 0 Å². The summed E-state index contributed by atoms with van der Waals surface area (Å²) in [6, 6.07) is 2.87. The summed E-state index contributed by atoms with van der Waals surface area (Å²) in [6.45, 7) is 0. The SMILES string of the molecule is O=C(O)c1cc(C(F)(F)F)ccc1NC1CCSC1. The molecule has 1 atom stereocenters. The van der Waals surface area contributed by atoms with Gasteiger partial charge in [-0.1, -0.05) is 0 Å². The Bertz CT molecular complexity index is 484. The van der Waals surface area contributed by atoms with Crippen LogP contribution in [0.1, 0.15) is 22.3 Å². The highest BCUT2D eigenvalue weighted by Crippen LogP contribution is 2.32. The van der Waals surface area contributed by atoms with Crippen molar-refractivity contribution in [1.82, 2.24) is 0 Å². The highest BCUT2D eigenvalue weighted by Gasteiger charge is 2.32. The number of anilines is 1. The highest BCUT2D eigenvalue weighted by molar-refractivity contribution is 7.99. The second kappa shape index (κ2) is 5.32. The molecule has 2 N–H and O–H groups in total. The predicted molar refractivity (Wildman–Crippen MR) is 67.8 cm³/mol. The molecule has 104 valence electrons. The van der Waals surface area contributed by atoms with Crippen LogP contribution in [0, 0.1) is 0 Å². The summed E-state index contributed by atoms with van der Waals surface area (Å²) in [5.41, 5.74) is -1.05. The van der Waals surface area contributed by atoms with Crippen LogP contribution in [0.5, 0.6) is 0 Å². The Morgan fingerprint density at radius 2 is 2.16 bits per heavy atom. The Labute approximate surface area is 112 Å². The van der Waals surface area contributed by atoms with Crippen molar-refractivity contribution < 1.29 is 23.1 Å². The number of carbonyl (C=O) groups is 1. The maximum absolute atomic E-state index is 12.6. The summed E-state index contributed by atoms with van der Waals surface area (Å²) in [6.07, 6.45) is -3.66. The van der Waals surface area contributed by atoms with E-state index in [1.807, 2.05) is 0 Å². The van der Waals surface area contributed by atoms with E-state index in [1.54, 1.807) is 11.8 Å². The average Bonchev–Trinajstić information content (AvgIpc) is 2.80. The minimum atomic E-state index is -4.54. The fourth-order valence-corrected chi connectivity index (χ4v) is 3.04. The third-order valence-corrected chi connectivity index (χ3v) is 4.03. The van der Waals surface area contributed by atoms with Gasteiger partial charge in [-0.25, -0.2) is 4.79 Å². The molecule has 1 aliphatic heterocycles. The van der Waals surface area contributed by atoms with Gasteiger partial charge >= 0.3 is 12.1 Å². The normalized spacial score (nSPS) is 19.4. The van der Waals surface area contributed by atoms with Crippen LogP contribution in [0.4, 0.5) is 18.9 Å². The van der Waals surface area contributed by atoms with E-state index in [1.165, 1.54) is 6.07 Å². The molecule has 1 aromatic rings. The van der Waals surface area contributed by atoms with Gasteiger partial charge < -0.3 is 10.4 Å². The molecule has 0 spiro atoms. The first-order chi connectivity index (χ1) is 8.88. The van der Waals surface area contributed by atoms with Crippen LogP contribution in [-0.2, 0) is 6.18 Å². The van der Waals surface area contributed by atoms with Gasteiger partial charge in [0.25, 0.3) is 0 Å². The van der Waals surface area contributed by atoms with Gasteiger partial charge in [0, 0.05) is 17.5 Å². The summed E-state index contributed by atoms with van der Waals surface area (Å²) in [7, 11) is 0. The van der Waals surface area contributed by atoms with Gasteiger partial charge in [-0.15, -0.1) is 0 Å². The molecule has 0 amide bonds. The topological polar surface area (TPSA) is 49.3 Å². The first-order valence-electron chi connectivity index (χ1n) is 5.67. The lowest BCUT2D eigenvalue weighted by atomic mass is 10.1. The number of carboxylic acids is 1. The summed E-state index contributed by atoms with van der Waals surface area (Å²) in [5.74, 6) is 0.445. The number of rotatable bonds is 3. The lowest BCUT2D eigenvalue weighted by molar-refractivity contribution is -0.137. The first-order valence-corrected chi connectivity index (χ1v) is 6.82. The van der Waals surface area contributed by atoms with Crippen LogP contribution in [0.2, 0.25) is 0 Å². The zero-order chi connectivity index (χ0) is 14.0. The minimum absolute atomic E-state index is 0.111. The average molecular weight is 291 g/mol. The molecule has 2 rings (SSSR count). The van der Waals surface area contributed by atoms with E-state index in [4.69, 9.17) is 5.11 Å². The molecule has 1 aromatic carbocycles. The Kier molecular flexibility index (Phi) is 3.93. The van der Waals surface area contributed by atoms with Gasteiger partial charge in [-0.2, -0.15) is 24.9 Å². The van der Waals surface area contributed by atoms with Crippen LogP contribution >= 0.6 is 11.8 Å². The van der Waals surface area contributed by atoms with Crippen molar-refractivity contribution in [3.8, 4) is 0 Å². The number of nitrogens with one attached hydrogen (secondary N) is 1. The molecular weight excluding hydrogens is 279 g/mol. The molecule has 0 bridgehead atoms. The van der Waals surface area contributed by atoms with Crippen molar-refractivity contribution in [2.24, 2.45) is 0 Å². The molecule has 0 aliphatic carbocycles. The van der Waals surface area contributed by atoms with E-state index in [-0.39, 0.29) is 17.3 Å². The van der Waals surface area contributed by atoms with E-state index in [0.717, 1.165) is 24.0 Å². The van der Waals surface area contributed by atoms with E-state index in [2.05, 4.69) is 5.32 Å². The number of benzene rings is 1. The predicted octanol–water partition coefficient (Wildman–Crippen LogP) is 3.32. The van der Waals surface area contributed by atoms with Crippen LogP contribution in [0.25, 0.3) is 0 Å². The number of hydrogen-bond donors (Lipinski definition) is 2. The molecule has 7 heteroatoms. The van der Waals surface area contributed by atoms with Crippen molar-refractivity contribution >= 4 is 23.4 Å². The molecule has 1 aliphatic rings. The maximum Gasteiger partial charge on any atom is 0.416 e. The van der Waals surface area contributed by atoms with Gasteiger partial charge in [0.2, 0.25) is 0 Å². The van der Waals surface area contributed by atoms with Gasteiger partial charge in [-0.3, -0.25) is 0 Å². The van der Waals surface area contributed by atoms with Crippen molar-refractivity contribution in [2.45, 2.75) is 18.6 Å². The number of carboxylic acid groups (broad SMARTS) is 1. The van der Waals surface area contributed by atoms with Crippen molar-refractivity contribution in [2.75, 3.05) is 16.8 Å². The molecule has 1 unspecified atom stereocenters. The Morgan fingerprint density at radius 1 is 1.42 bits per heavy atom. The van der Waals surface area contributed by atoms with E-state index < -0.39 is 17.7 Å². The van der Waals surface area contributed by atoms with Crippen LogP contribution < -0.4 is 5.32 Å². The second-order valence-corrected chi connectivity index (χ2v) is 5.42. The number of aromatic carboxylic acids is 1. The zero-order valence-electron chi connectivity index (χ0n) is 9.83. The standard InChI is InChI=1S/C12H12F3NO2S/c13-12(14,15)7-1-2-10(9(5-7)11(17)18)16-8-3-4-19-6-8/h1-2,5,8,16H,3-4,6H2,(H,17,18). The Balaban J connectivity index is 2.29. The first kappa shape index (κ1) is 14.0. The summed E-state index contributed by atoms with van der Waals surface area (Å²) in [4.78, 5) is 11.1. The molecule has 19 heavy (non-hydrogen) atoms. The quantitative estimate of drug-likeness (QED) is 0.897. The second-order valence-electron chi connectivity index (χ2n) is 4.27. The van der Waals surface area contributed by atoms with Crippen molar-refractivity contribution in [1.29, 1.82) is 0 Å². The lowest BCUT2D eigenvalue weighted by Gasteiger charge is -2.16.